The Balaban J connectivity index is 2.40. The van der Waals surface area contributed by atoms with E-state index < -0.39 is 0 Å². The van der Waals surface area contributed by atoms with E-state index in [0.29, 0.717) is 17.1 Å². The van der Waals surface area contributed by atoms with Crippen molar-refractivity contribution in [3.8, 4) is 11.5 Å². The summed E-state index contributed by atoms with van der Waals surface area (Å²) in [4.78, 5) is 11.5. The van der Waals surface area contributed by atoms with Gasteiger partial charge in [-0.05, 0) is 36.5 Å². The van der Waals surface area contributed by atoms with E-state index in [1.807, 2.05) is 0 Å². The third kappa shape index (κ3) is 2.43. The van der Waals surface area contributed by atoms with Crippen molar-refractivity contribution in [1.82, 2.24) is 5.32 Å². The number of nitrogens with one attached hydrogen (secondary N) is 1. The fourth-order valence-corrected chi connectivity index (χ4v) is 1.70. The third-order valence-corrected chi connectivity index (χ3v) is 2.55. The summed E-state index contributed by atoms with van der Waals surface area (Å²) in [6.07, 6.45) is 1.55. The average Bonchev–Trinajstić information content (AvgIpc) is 2.67. The smallest absolute Gasteiger partial charge is 0.294 e. The summed E-state index contributed by atoms with van der Waals surface area (Å²) in [5, 5.41) is 2.43. The number of methoxy groups -OCH3 is 2. The molecule has 0 spiro atoms. The summed E-state index contributed by atoms with van der Waals surface area (Å²) in [6.45, 7) is 0. The van der Waals surface area contributed by atoms with Gasteiger partial charge in [0.05, 0.1) is 14.2 Å². The predicted molar refractivity (Wildman–Crippen MR) is 69.3 cm³/mol. The SMILES string of the molecule is COc1ccc(OC)c(C=C2OC(=S)NC2=O)c1. The van der Waals surface area contributed by atoms with Crippen LogP contribution in [0.4, 0.5) is 0 Å². The Labute approximate surface area is 109 Å². The number of thiocarbonyl (C=S) groups is 1. The molecule has 94 valence electrons. The van der Waals surface area contributed by atoms with Crippen LogP contribution in [-0.4, -0.2) is 25.3 Å². The van der Waals surface area contributed by atoms with Crippen LogP contribution in [0, 0.1) is 0 Å². The molecule has 0 atom stereocenters. The van der Waals surface area contributed by atoms with Gasteiger partial charge in [0.2, 0.25) is 0 Å². The van der Waals surface area contributed by atoms with Crippen molar-refractivity contribution in [2.45, 2.75) is 0 Å². The van der Waals surface area contributed by atoms with Crippen molar-refractivity contribution >= 4 is 29.4 Å². The molecule has 0 unspecified atom stereocenters. The van der Waals surface area contributed by atoms with Crippen molar-refractivity contribution in [2.75, 3.05) is 14.2 Å². The summed E-state index contributed by atoms with van der Waals surface area (Å²) in [6, 6.07) is 5.25. The average molecular weight is 265 g/mol. The Kier molecular flexibility index (Phi) is 3.47. The Morgan fingerprint density at radius 2 is 2.11 bits per heavy atom. The molecule has 2 rings (SSSR count). The van der Waals surface area contributed by atoms with Gasteiger partial charge < -0.3 is 14.2 Å². The first kappa shape index (κ1) is 12.4. The lowest BCUT2D eigenvalue weighted by Gasteiger charge is -2.07. The Hall–Kier alpha value is -2.08. The molecule has 1 N–H and O–H groups in total. The van der Waals surface area contributed by atoms with Gasteiger partial charge in [0, 0.05) is 5.56 Å². The Bertz CT molecular complexity index is 539. The lowest BCUT2D eigenvalue weighted by atomic mass is 10.1. The van der Waals surface area contributed by atoms with Gasteiger partial charge >= 0.3 is 0 Å². The number of rotatable bonds is 3. The molecule has 5 nitrogen and oxygen atoms in total. The van der Waals surface area contributed by atoms with Crippen LogP contribution < -0.4 is 14.8 Å². The number of amides is 1. The normalized spacial score (nSPS) is 16.4. The molecule has 1 aromatic carbocycles. The highest BCUT2D eigenvalue weighted by molar-refractivity contribution is 7.80. The van der Waals surface area contributed by atoms with E-state index >= 15 is 0 Å². The van der Waals surface area contributed by atoms with Crippen LogP contribution in [-0.2, 0) is 9.53 Å². The van der Waals surface area contributed by atoms with E-state index in [1.165, 1.54) is 0 Å². The number of hydrogen-bond donors (Lipinski definition) is 1. The maximum absolute atomic E-state index is 11.5. The van der Waals surface area contributed by atoms with E-state index in [2.05, 4.69) is 5.32 Å². The molecule has 6 heteroatoms. The quantitative estimate of drug-likeness (QED) is 0.662. The van der Waals surface area contributed by atoms with Crippen LogP contribution in [0.25, 0.3) is 6.08 Å². The predicted octanol–water partition coefficient (Wildman–Crippen LogP) is 1.48. The zero-order chi connectivity index (χ0) is 13.1. The zero-order valence-electron chi connectivity index (χ0n) is 9.85. The van der Waals surface area contributed by atoms with E-state index in [1.54, 1.807) is 38.5 Å². The first-order valence-electron chi connectivity index (χ1n) is 5.11. The van der Waals surface area contributed by atoms with E-state index in [-0.39, 0.29) is 16.8 Å². The van der Waals surface area contributed by atoms with Gasteiger partial charge in [-0.15, -0.1) is 0 Å². The van der Waals surface area contributed by atoms with Crippen molar-refractivity contribution in [2.24, 2.45) is 0 Å². The summed E-state index contributed by atoms with van der Waals surface area (Å²) in [5.41, 5.74) is 0.673. The van der Waals surface area contributed by atoms with Crippen LogP contribution in [0.5, 0.6) is 11.5 Å². The summed E-state index contributed by atoms with van der Waals surface area (Å²) >= 11 is 4.75. The van der Waals surface area contributed by atoms with Gasteiger partial charge in [-0.2, -0.15) is 0 Å². The minimum Gasteiger partial charge on any atom is -0.497 e. The van der Waals surface area contributed by atoms with E-state index in [9.17, 15) is 4.79 Å². The van der Waals surface area contributed by atoms with Gasteiger partial charge in [-0.1, -0.05) is 0 Å². The van der Waals surface area contributed by atoms with Crippen LogP contribution in [0.3, 0.4) is 0 Å². The maximum Gasteiger partial charge on any atom is 0.294 e. The molecule has 1 fully saturated rings. The first-order valence-corrected chi connectivity index (χ1v) is 5.51. The Morgan fingerprint density at radius 1 is 1.33 bits per heavy atom. The molecule has 1 aromatic rings. The second-order valence-electron chi connectivity index (χ2n) is 3.46. The number of benzene rings is 1. The highest BCUT2D eigenvalue weighted by Gasteiger charge is 2.23. The largest absolute Gasteiger partial charge is 0.497 e. The fraction of sp³-hybridized carbons (Fsp3) is 0.167. The number of hydrogen-bond acceptors (Lipinski definition) is 5. The monoisotopic (exact) mass is 265 g/mol. The molecule has 0 saturated carbocycles. The van der Waals surface area contributed by atoms with Gasteiger partial charge in [0.25, 0.3) is 11.1 Å². The molecular formula is C12H11NO4S. The highest BCUT2D eigenvalue weighted by Crippen LogP contribution is 2.27. The molecule has 0 aromatic heterocycles. The second-order valence-corrected chi connectivity index (χ2v) is 3.83. The molecule has 1 saturated heterocycles. The lowest BCUT2D eigenvalue weighted by Crippen LogP contribution is -2.18. The van der Waals surface area contributed by atoms with Gasteiger partial charge in [-0.25, -0.2) is 0 Å². The third-order valence-electron chi connectivity index (χ3n) is 2.37. The van der Waals surface area contributed by atoms with Crippen LogP contribution in [0.1, 0.15) is 5.56 Å². The molecule has 1 amide bonds. The molecule has 0 aliphatic carbocycles. The van der Waals surface area contributed by atoms with Gasteiger partial charge in [-0.3, -0.25) is 10.1 Å². The maximum atomic E-state index is 11.5. The zero-order valence-corrected chi connectivity index (χ0v) is 10.7. The second kappa shape index (κ2) is 5.05. The molecule has 1 heterocycles. The first-order chi connectivity index (χ1) is 8.63. The molecule has 0 radical (unpaired) electrons. The molecular weight excluding hydrogens is 254 g/mol. The number of ether oxygens (including phenoxy) is 3. The van der Waals surface area contributed by atoms with Crippen LogP contribution in [0.2, 0.25) is 0 Å². The summed E-state index contributed by atoms with van der Waals surface area (Å²) in [5.74, 6) is 1.03. The minimum atomic E-state index is -0.370. The fourth-order valence-electron chi connectivity index (χ4n) is 1.51. The number of carbonyl (C=O) groups excluding carboxylic acids is 1. The number of carbonyl (C=O) groups is 1. The van der Waals surface area contributed by atoms with Crippen molar-refractivity contribution in [3.05, 3.63) is 29.5 Å². The van der Waals surface area contributed by atoms with E-state index in [0.717, 1.165) is 0 Å². The lowest BCUT2D eigenvalue weighted by molar-refractivity contribution is -0.116. The molecule has 18 heavy (non-hydrogen) atoms. The summed E-state index contributed by atoms with van der Waals surface area (Å²) < 4.78 is 15.4. The van der Waals surface area contributed by atoms with Crippen molar-refractivity contribution < 1.29 is 19.0 Å². The molecule has 1 aliphatic rings. The van der Waals surface area contributed by atoms with Gasteiger partial charge in [0.15, 0.2) is 5.76 Å². The standard InChI is InChI=1S/C12H11NO4S/c1-15-8-3-4-9(16-2)7(5-8)6-10-11(14)13-12(18)17-10/h3-6H,1-2H3,(H,13,14,18). The van der Waals surface area contributed by atoms with Crippen molar-refractivity contribution in [1.29, 1.82) is 0 Å². The minimum absolute atomic E-state index is 0.0492. The highest BCUT2D eigenvalue weighted by atomic mass is 32.1. The van der Waals surface area contributed by atoms with Crippen molar-refractivity contribution in [3.63, 3.8) is 0 Å². The van der Waals surface area contributed by atoms with Crippen LogP contribution >= 0.6 is 12.2 Å². The van der Waals surface area contributed by atoms with E-state index in [4.69, 9.17) is 26.4 Å². The van der Waals surface area contributed by atoms with Gasteiger partial charge in [0.1, 0.15) is 11.5 Å². The molecule has 0 bridgehead atoms. The topological polar surface area (TPSA) is 56.8 Å². The Morgan fingerprint density at radius 3 is 2.67 bits per heavy atom. The summed E-state index contributed by atoms with van der Waals surface area (Å²) in [7, 11) is 3.11. The molecule has 1 aliphatic heterocycles. The van der Waals surface area contributed by atoms with Crippen LogP contribution in [0.15, 0.2) is 24.0 Å².